The third-order valence-electron chi connectivity index (χ3n) is 5.13. The first-order valence-electron chi connectivity index (χ1n) is 9.81. The first-order valence-corrected chi connectivity index (χ1v) is 11.5. The summed E-state index contributed by atoms with van der Waals surface area (Å²) in [6.45, 7) is 4.64. The average Bonchev–Trinajstić information content (AvgIpc) is 3.28. The molecule has 0 unspecified atom stereocenters. The number of halogens is 2. The third-order valence-corrected chi connectivity index (χ3v) is 6.60. The molecule has 10 heteroatoms. The van der Waals surface area contributed by atoms with Crippen LogP contribution in [0.5, 0.6) is 0 Å². The van der Waals surface area contributed by atoms with E-state index in [4.69, 9.17) is 14.5 Å². The van der Waals surface area contributed by atoms with Crippen LogP contribution >= 0.6 is 27.3 Å². The number of nitrogens with one attached hydrogen (secondary N) is 1. The van der Waals surface area contributed by atoms with Crippen LogP contribution in [0, 0.1) is 5.82 Å². The number of aromatic nitrogens is 1. The molecule has 2 aromatic rings. The van der Waals surface area contributed by atoms with Crippen molar-refractivity contribution in [1.29, 1.82) is 0 Å². The van der Waals surface area contributed by atoms with Gasteiger partial charge in [0, 0.05) is 41.4 Å². The Bertz CT molecular complexity index is 1030. The number of amidine groups is 1. The molecule has 0 radical (unpaired) electrons. The number of benzene rings is 1. The number of esters is 1. The van der Waals surface area contributed by atoms with Crippen LogP contribution in [-0.4, -0.2) is 61.1 Å². The molecule has 2 aliphatic rings. The zero-order valence-corrected chi connectivity index (χ0v) is 19.5. The highest BCUT2D eigenvalue weighted by Crippen LogP contribution is 2.37. The Morgan fingerprint density at radius 3 is 3.00 bits per heavy atom. The maximum atomic E-state index is 13.8. The number of aliphatic imine (C=N–C) groups is 1. The van der Waals surface area contributed by atoms with Crippen molar-refractivity contribution in [3.05, 3.63) is 61.9 Å². The van der Waals surface area contributed by atoms with Gasteiger partial charge in [0.25, 0.3) is 0 Å². The zero-order chi connectivity index (χ0) is 22.0. The van der Waals surface area contributed by atoms with Gasteiger partial charge in [-0.05, 0) is 24.6 Å². The van der Waals surface area contributed by atoms with Gasteiger partial charge in [0.05, 0.1) is 25.4 Å². The number of rotatable bonds is 5. The van der Waals surface area contributed by atoms with E-state index in [2.05, 4.69) is 31.1 Å². The fourth-order valence-electron chi connectivity index (χ4n) is 3.73. The number of hydrogen-bond donors (Lipinski definition) is 1. The van der Waals surface area contributed by atoms with Crippen molar-refractivity contribution in [3.8, 4) is 0 Å². The standard InChI is InChI=1S/C21H22BrFN4O3S/c1-12-10-27(6-7-30-12)11-16-17(21(28)29-2)18(14-4-3-13(23)9-15(14)22)26-19(25-16)20-24-5-8-31-20/h3-5,8-9,12,18H,6-7,10-11H2,1-2H3,(H,25,26)/t12-,18-/m0/s1. The van der Waals surface area contributed by atoms with Crippen molar-refractivity contribution < 1.29 is 18.7 Å². The number of nitrogens with zero attached hydrogens (tertiary/aromatic N) is 3. The molecular formula is C21H22BrFN4O3S. The molecule has 2 aliphatic heterocycles. The van der Waals surface area contributed by atoms with Gasteiger partial charge in [-0.2, -0.15) is 0 Å². The first-order chi connectivity index (χ1) is 15.0. The number of methoxy groups -OCH3 is 1. The van der Waals surface area contributed by atoms with E-state index in [1.165, 1.54) is 30.6 Å². The predicted octanol–water partition coefficient (Wildman–Crippen LogP) is 3.28. The van der Waals surface area contributed by atoms with Crippen LogP contribution in [0.15, 0.2) is 50.5 Å². The zero-order valence-electron chi connectivity index (χ0n) is 17.1. The Labute approximate surface area is 192 Å². The van der Waals surface area contributed by atoms with E-state index in [0.717, 1.165) is 13.1 Å². The summed E-state index contributed by atoms with van der Waals surface area (Å²) in [6, 6.07) is 3.69. The highest BCUT2D eigenvalue weighted by Gasteiger charge is 2.34. The van der Waals surface area contributed by atoms with Crippen molar-refractivity contribution in [2.75, 3.05) is 33.4 Å². The monoisotopic (exact) mass is 508 g/mol. The third kappa shape index (κ3) is 4.87. The van der Waals surface area contributed by atoms with E-state index in [1.54, 1.807) is 12.3 Å². The minimum atomic E-state index is -0.670. The number of ether oxygens (including phenoxy) is 2. The van der Waals surface area contributed by atoms with Gasteiger partial charge in [0.2, 0.25) is 0 Å². The smallest absolute Gasteiger partial charge is 0.338 e. The lowest BCUT2D eigenvalue weighted by molar-refractivity contribution is -0.136. The fraction of sp³-hybridized carbons (Fsp3) is 0.381. The van der Waals surface area contributed by atoms with Gasteiger partial charge in [-0.15, -0.1) is 11.3 Å². The van der Waals surface area contributed by atoms with Gasteiger partial charge >= 0.3 is 5.97 Å². The second-order valence-corrected chi connectivity index (χ2v) is 9.06. The summed E-state index contributed by atoms with van der Waals surface area (Å²) in [5, 5.41) is 5.89. The normalized spacial score (nSPS) is 22.1. The summed E-state index contributed by atoms with van der Waals surface area (Å²) in [4.78, 5) is 24.3. The quantitative estimate of drug-likeness (QED) is 0.624. The molecule has 31 heavy (non-hydrogen) atoms. The number of morpholine rings is 1. The van der Waals surface area contributed by atoms with E-state index in [0.29, 0.717) is 45.3 Å². The molecule has 0 bridgehead atoms. The Morgan fingerprint density at radius 2 is 2.32 bits per heavy atom. The SMILES string of the molecule is COC(=O)C1=C(CN2CCO[C@@H](C)C2)NC(c2nccs2)=N[C@H]1c1ccc(F)cc1Br. The van der Waals surface area contributed by atoms with Gasteiger partial charge < -0.3 is 14.8 Å². The summed E-state index contributed by atoms with van der Waals surface area (Å²) in [6.07, 6.45) is 1.81. The highest BCUT2D eigenvalue weighted by molar-refractivity contribution is 9.10. The van der Waals surface area contributed by atoms with E-state index < -0.39 is 12.0 Å². The van der Waals surface area contributed by atoms with Crippen LogP contribution in [0.2, 0.25) is 0 Å². The minimum Gasteiger partial charge on any atom is -0.466 e. The van der Waals surface area contributed by atoms with Crippen molar-refractivity contribution >= 4 is 39.1 Å². The van der Waals surface area contributed by atoms with Crippen molar-refractivity contribution in [2.45, 2.75) is 19.1 Å². The summed E-state index contributed by atoms with van der Waals surface area (Å²) in [7, 11) is 1.35. The number of carbonyl (C=O) groups excluding carboxylic acids is 1. The first kappa shape index (κ1) is 22.1. The van der Waals surface area contributed by atoms with Crippen LogP contribution in [-0.2, 0) is 14.3 Å². The second kappa shape index (κ2) is 9.56. The molecule has 1 N–H and O–H groups in total. The Kier molecular flexibility index (Phi) is 6.80. The molecule has 0 saturated carbocycles. The van der Waals surface area contributed by atoms with Gasteiger partial charge in [-0.1, -0.05) is 22.0 Å². The Morgan fingerprint density at radius 1 is 1.48 bits per heavy atom. The molecule has 3 heterocycles. The summed E-state index contributed by atoms with van der Waals surface area (Å²) < 4.78 is 25.0. The van der Waals surface area contributed by atoms with E-state index in [1.807, 2.05) is 12.3 Å². The lowest BCUT2D eigenvalue weighted by atomic mass is 9.95. The molecule has 4 rings (SSSR count). The van der Waals surface area contributed by atoms with Gasteiger partial charge in [0.1, 0.15) is 11.9 Å². The molecule has 164 valence electrons. The van der Waals surface area contributed by atoms with Crippen molar-refractivity contribution in [2.24, 2.45) is 4.99 Å². The average molecular weight is 509 g/mol. The van der Waals surface area contributed by atoms with Crippen LogP contribution in [0.1, 0.15) is 23.5 Å². The molecule has 2 atom stereocenters. The van der Waals surface area contributed by atoms with Gasteiger partial charge in [0.15, 0.2) is 10.8 Å². The summed E-state index contributed by atoms with van der Waals surface area (Å²) >= 11 is 4.88. The second-order valence-electron chi connectivity index (χ2n) is 7.31. The topological polar surface area (TPSA) is 76.0 Å². The largest absolute Gasteiger partial charge is 0.466 e. The maximum absolute atomic E-state index is 13.8. The molecule has 1 aromatic heterocycles. The predicted molar refractivity (Wildman–Crippen MR) is 120 cm³/mol. The molecule has 0 amide bonds. The van der Waals surface area contributed by atoms with Crippen LogP contribution < -0.4 is 5.32 Å². The molecular weight excluding hydrogens is 487 g/mol. The molecule has 1 aromatic carbocycles. The molecule has 1 saturated heterocycles. The number of carbonyl (C=O) groups is 1. The number of hydrogen-bond acceptors (Lipinski definition) is 8. The van der Waals surface area contributed by atoms with Crippen molar-refractivity contribution in [3.63, 3.8) is 0 Å². The fourth-order valence-corrected chi connectivity index (χ4v) is 4.88. The van der Waals surface area contributed by atoms with Gasteiger partial charge in [-0.25, -0.2) is 14.2 Å². The lowest BCUT2D eigenvalue weighted by Crippen LogP contribution is -2.45. The minimum absolute atomic E-state index is 0.105. The van der Waals surface area contributed by atoms with E-state index in [9.17, 15) is 9.18 Å². The highest BCUT2D eigenvalue weighted by atomic mass is 79.9. The summed E-state index contributed by atoms with van der Waals surface area (Å²) in [5.74, 6) is -0.285. The Hall–Kier alpha value is -2.14. The maximum Gasteiger partial charge on any atom is 0.338 e. The number of thiazole rings is 1. The molecule has 1 fully saturated rings. The van der Waals surface area contributed by atoms with Crippen LogP contribution in [0.25, 0.3) is 0 Å². The lowest BCUT2D eigenvalue weighted by Gasteiger charge is -2.34. The van der Waals surface area contributed by atoms with Gasteiger partial charge in [-0.3, -0.25) is 9.89 Å². The van der Waals surface area contributed by atoms with E-state index in [-0.39, 0.29) is 11.9 Å². The van der Waals surface area contributed by atoms with E-state index >= 15 is 0 Å². The Balaban J connectivity index is 1.80. The molecule has 0 aliphatic carbocycles. The molecule has 0 spiro atoms. The van der Waals surface area contributed by atoms with Crippen LogP contribution in [0.3, 0.4) is 0 Å². The van der Waals surface area contributed by atoms with Crippen LogP contribution in [0.4, 0.5) is 4.39 Å². The summed E-state index contributed by atoms with van der Waals surface area (Å²) in [5.41, 5.74) is 1.77. The molecule has 7 nitrogen and oxygen atoms in total. The van der Waals surface area contributed by atoms with Crippen molar-refractivity contribution in [1.82, 2.24) is 15.2 Å².